The standard InChI is InChI=1S/C13H16ClF3N2OS/c1-8(2)21-19(12(20)18(3)4)9-5-6-11(14)10(7-9)13(15,16)17/h5-8H,1-4H3. The highest BCUT2D eigenvalue weighted by atomic mass is 35.5. The average Bonchev–Trinajstić information content (AvgIpc) is 2.34. The zero-order valence-corrected chi connectivity index (χ0v) is 13.6. The van der Waals surface area contributed by atoms with Crippen LogP contribution in [-0.2, 0) is 6.18 Å². The van der Waals surface area contributed by atoms with E-state index < -0.39 is 22.8 Å². The summed E-state index contributed by atoms with van der Waals surface area (Å²) in [5.41, 5.74) is -0.813. The number of rotatable bonds is 3. The normalized spacial score (nSPS) is 11.7. The van der Waals surface area contributed by atoms with Crippen LogP contribution in [0.4, 0.5) is 23.7 Å². The van der Waals surface area contributed by atoms with Gasteiger partial charge >= 0.3 is 12.2 Å². The molecule has 0 fully saturated rings. The molecular weight excluding hydrogens is 325 g/mol. The molecule has 0 aliphatic rings. The Morgan fingerprint density at radius 2 is 1.86 bits per heavy atom. The Kier molecular flexibility index (Phi) is 5.81. The maximum atomic E-state index is 12.9. The minimum absolute atomic E-state index is 0.0268. The van der Waals surface area contributed by atoms with Crippen molar-refractivity contribution in [2.45, 2.75) is 25.3 Å². The smallest absolute Gasteiger partial charge is 0.330 e. The number of urea groups is 1. The van der Waals surface area contributed by atoms with Crippen molar-refractivity contribution in [3.63, 3.8) is 0 Å². The summed E-state index contributed by atoms with van der Waals surface area (Å²) in [6.07, 6.45) is -4.57. The predicted octanol–water partition coefficient (Wildman–Crippen LogP) is 4.90. The third-order valence-electron chi connectivity index (χ3n) is 2.36. The van der Waals surface area contributed by atoms with Gasteiger partial charge in [0.15, 0.2) is 0 Å². The van der Waals surface area contributed by atoms with E-state index >= 15 is 0 Å². The minimum Gasteiger partial charge on any atom is -0.330 e. The van der Waals surface area contributed by atoms with Gasteiger partial charge in [0.1, 0.15) is 0 Å². The SMILES string of the molecule is CC(C)SN(C(=O)N(C)C)c1ccc(Cl)c(C(F)(F)F)c1. The van der Waals surface area contributed by atoms with E-state index in [4.69, 9.17) is 11.6 Å². The van der Waals surface area contributed by atoms with E-state index in [0.29, 0.717) is 0 Å². The van der Waals surface area contributed by atoms with Gasteiger partial charge < -0.3 is 4.90 Å². The molecule has 1 aromatic carbocycles. The van der Waals surface area contributed by atoms with Crippen LogP contribution < -0.4 is 4.31 Å². The van der Waals surface area contributed by atoms with E-state index in [0.717, 1.165) is 24.1 Å². The molecule has 0 aliphatic carbocycles. The molecule has 0 heterocycles. The van der Waals surface area contributed by atoms with Crippen molar-refractivity contribution in [3.05, 3.63) is 28.8 Å². The van der Waals surface area contributed by atoms with Gasteiger partial charge in [-0.1, -0.05) is 25.4 Å². The highest BCUT2D eigenvalue weighted by molar-refractivity contribution is 8.01. The lowest BCUT2D eigenvalue weighted by atomic mass is 10.2. The first kappa shape index (κ1) is 18.0. The van der Waals surface area contributed by atoms with Crippen LogP contribution in [0.15, 0.2) is 18.2 Å². The monoisotopic (exact) mass is 340 g/mol. The summed E-state index contributed by atoms with van der Waals surface area (Å²) in [4.78, 5) is 13.4. The van der Waals surface area contributed by atoms with Gasteiger partial charge in [-0.3, -0.25) is 0 Å². The van der Waals surface area contributed by atoms with Crippen LogP contribution in [0.1, 0.15) is 19.4 Å². The van der Waals surface area contributed by atoms with Gasteiger partial charge in [0.05, 0.1) is 16.3 Å². The number of carbonyl (C=O) groups is 1. The van der Waals surface area contributed by atoms with Crippen molar-refractivity contribution in [2.75, 3.05) is 18.4 Å². The van der Waals surface area contributed by atoms with Crippen molar-refractivity contribution in [1.29, 1.82) is 0 Å². The Morgan fingerprint density at radius 1 is 1.29 bits per heavy atom. The molecule has 0 atom stereocenters. The number of carbonyl (C=O) groups excluding carboxylic acids is 1. The molecule has 0 aromatic heterocycles. The number of amides is 2. The van der Waals surface area contributed by atoms with Gasteiger partial charge in [0.25, 0.3) is 0 Å². The molecule has 0 aliphatic heterocycles. The molecule has 0 unspecified atom stereocenters. The van der Waals surface area contributed by atoms with Gasteiger partial charge in [-0.2, -0.15) is 13.2 Å². The molecule has 0 saturated carbocycles. The second kappa shape index (κ2) is 6.79. The van der Waals surface area contributed by atoms with Gasteiger partial charge in [0, 0.05) is 19.3 Å². The summed E-state index contributed by atoms with van der Waals surface area (Å²) in [6.45, 7) is 3.70. The molecule has 2 amide bonds. The van der Waals surface area contributed by atoms with Crippen LogP contribution in [0.2, 0.25) is 5.02 Å². The van der Waals surface area contributed by atoms with Gasteiger partial charge in [-0.25, -0.2) is 9.10 Å². The van der Waals surface area contributed by atoms with E-state index in [2.05, 4.69) is 0 Å². The third kappa shape index (κ3) is 4.71. The molecule has 3 nitrogen and oxygen atoms in total. The molecule has 0 radical (unpaired) electrons. The maximum absolute atomic E-state index is 12.9. The first-order valence-electron chi connectivity index (χ1n) is 6.09. The number of anilines is 1. The van der Waals surface area contributed by atoms with E-state index in [-0.39, 0.29) is 10.9 Å². The number of hydrogen-bond acceptors (Lipinski definition) is 2. The Morgan fingerprint density at radius 3 is 2.29 bits per heavy atom. The predicted molar refractivity (Wildman–Crippen MR) is 80.7 cm³/mol. The molecular formula is C13H16ClF3N2OS. The Labute approximate surface area is 131 Å². The summed E-state index contributed by atoms with van der Waals surface area (Å²) >= 11 is 6.74. The average molecular weight is 341 g/mol. The molecule has 21 heavy (non-hydrogen) atoms. The van der Waals surface area contributed by atoms with Gasteiger partial charge in [-0.05, 0) is 30.1 Å². The van der Waals surface area contributed by atoms with E-state index in [1.807, 2.05) is 13.8 Å². The summed E-state index contributed by atoms with van der Waals surface area (Å²) in [5, 5.41) is -0.364. The largest absolute Gasteiger partial charge is 0.417 e. The molecule has 0 spiro atoms. The minimum atomic E-state index is -4.57. The third-order valence-corrected chi connectivity index (χ3v) is 3.69. The highest BCUT2D eigenvalue weighted by Crippen LogP contribution is 2.38. The molecule has 8 heteroatoms. The van der Waals surface area contributed by atoms with E-state index in [9.17, 15) is 18.0 Å². The lowest BCUT2D eigenvalue weighted by Crippen LogP contribution is -2.35. The number of hydrogen-bond donors (Lipinski definition) is 0. The summed E-state index contributed by atoms with van der Waals surface area (Å²) in [6, 6.07) is 3.02. The molecule has 1 rings (SSSR count). The van der Waals surface area contributed by atoms with Crippen molar-refractivity contribution in [2.24, 2.45) is 0 Å². The first-order valence-corrected chi connectivity index (χ1v) is 7.30. The van der Waals surface area contributed by atoms with Crippen molar-refractivity contribution >= 4 is 35.3 Å². The fraction of sp³-hybridized carbons (Fsp3) is 0.462. The molecule has 0 bridgehead atoms. The molecule has 0 N–H and O–H groups in total. The van der Waals surface area contributed by atoms with Crippen LogP contribution in [0.25, 0.3) is 0 Å². The van der Waals surface area contributed by atoms with Crippen LogP contribution in [-0.4, -0.2) is 30.3 Å². The lowest BCUT2D eigenvalue weighted by molar-refractivity contribution is -0.137. The number of nitrogens with zero attached hydrogens (tertiary/aromatic N) is 2. The van der Waals surface area contributed by atoms with Crippen molar-refractivity contribution in [1.82, 2.24) is 4.90 Å². The molecule has 0 saturated heterocycles. The first-order chi connectivity index (χ1) is 9.54. The van der Waals surface area contributed by atoms with Crippen LogP contribution in [0.3, 0.4) is 0 Å². The Hall–Kier alpha value is -1.08. The van der Waals surface area contributed by atoms with E-state index in [1.165, 1.54) is 29.4 Å². The van der Waals surface area contributed by atoms with Crippen LogP contribution in [0, 0.1) is 0 Å². The van der Waals surface area contributed by atoms with E-state index in [1.54, 1.807) is 0 Å². The quantitative estimate of drug-likeness (QED) is 0.730. The highest BCUT2D eigenvalue weighted by Gasteiger charge is 2.34. The van der Waals surface area contributed by atoms with Crippen LogP contribution >= 0.6 is 23.5 Å². The topological polar surface area (TPSA) is 23.6 Å². The van der Waals surface area contributed by atoms with Crippen molar-refractivity contribution in [3.8, 4) is 0 Å². The fourth-order valence-corrected chi connectivity index (χ4v) is 2.60. The zero-order valence-electron chi connectivity index (χ0n) is 12.0. The Bertz CT molecular complexity index is 521. The summed E-state index contributed by atoms with van der Waals surface area (Å²) < 4.78 is 40.0. The van der Waals surface area contributed by atoms with Crippen LogP contribution in [0.5, 0.6) is 0 Å². The summed E-state index contributed by atoms with van der Waals surface area (Å²) in [5.74, 6) is 0. The van der Waals surface area contributed by atoms with Crippen molar-refractivity contribution < 1.29 is 18.0 Å². The van der Waals surface area contributed by atoms with Gasteiger partial charge in [0.2, 0.25) is 0 Å². The second-order valence-corrected chi connectivity index (χ2v) is 6.71. The zero-order chi connectivity index (χ0) is 16.4. The Balaban J connectivity index is 3.29. The molecule has 118 valence electrons. The maximum Gasteiger partial charge on any atom is 0.417 e. The number of benzene rings is 1. The second-order valence-electron chi connectivity index (χ2n) is 4.79. The lowest BCUT2D eigenvalue weighted by Gasteiger charge is -2.27. The van der Waals surface area contributed by atoms with Gasteiger partial charge in [-0.15, -0.1) is 0 Å². The number of alkyl halides is 3. The summed E-state index contributed by atoms with van der Waals surface area (Å²) in [7, 11) is 3.08. The molecule has 1 aromatic rings. The fourth-order valence-electron chi connectivity index (χ4n) is 1.47. The number of halogens is 4.